The topological polar surface area (TPSA) is 81.2 Å². The molecular weight excluding hydrogens is 246 g/mol. The molecule has 1 aromatic heterocycles. The number of ether oxygens (including phenoxy) is 1. The molecular formula is C13H11N3O3. The summed E-state index contributed by atoms with van der Waals surface area (Å²) < 4.78 is 4.57. The fourth-order valence-electron chi connectivity index (χ4n) is 1.41. The zero-order chi connectivity index (χ0) is 13.7. The van der Waals surface area contributed by atoms with Crippen LogP contribution in [0, 0.1) is 0 Å². The zero-order valence-corrected chi connectivity index (χ0v) is 10.2. The highest BCUT2D eigenvalue weighted by Crippen LogP contribution is 2.07. The number of amides is 1. The third kappa shape index (κ3) is 3.12. The summed E-state index contributed by atoms with van der Waals surface area (Å²) in [6, 6.07) is 7.76. The normalized spacial score (nSPS) is 9.74. The molecule has 0 fully saturated rings. The van der Waals surface area contributed by atoms with Crippen molar-refractivity contribution >= 4 is 17.8 Å². The molecule has 1 aromatic carbocycles. The second kappa shape index (κ2) is 5.72. The smallest absolute Gasteiger partial charge is 0.337 e. The van der Waals surface area contributed by atoms with Crippen LogP contribution in [-0.2, 0) is 4.74 Å². The molecule has 0 bridgehead atoms. The maximum atomic E-state index is 11.9. The Morgan fingerprint density at radius 1 is 1.05 bits per heavy atom. The summed E-state index contributed by atoms with van der Waals surface area (Å²) in [4.78, 5) is 30.9. The van der Waals surface area contributed by atoms with Gasteiger partial charge in [-0.1, -0.05) is 0 Å². The minimum absolute atomic E-state index is 0.226. The first kappa shape index (κ1) is 12.7. The number of nitrogens with one attached hydrogen (secondary N) is 1. The van der Waals surface area contributed by atoms with E-state index in [-0.39, 0.29) is 11.9 Å². The summed E-state index contributed by atoms with van der Waals surface area (Å²) in [6.45, 7) is 0. The van der Waals surface area contributed by atoms with Gasteiger partial charge in [0.15, 0.2) is 0 Å². The molecule has 2 rings (SSSR count). The minimum Gasteiger partial charge on any atom is -0.465 e. The van der Waals surface area contributed by atoms with Crippen LogP contribution in [0.15, 0.2) is 42.7 Å². The lowest BCUT2D eigenvalue weighted by molar-refractivity contribution is 0.0600. The van der Waals surface area contributed by atoms with Crippen molar-refractivity contribution in [2.75, 3.05) is 12.4 Å². The van der Waals surface area contributed by atoms with E-state index in [4.69, 9.17) is 0 Å². The molecule has 0 unspecified atom stereocenters. The summed E-state index contributed by atoms with van der Waals surface area (Å²) in [5.74, 6) is -0.564. The molecule has 0 saturated carbocycles. The van der Waals surface area contributed by atoms with Crippen molar-refractivity contribution in [2.45, 2.75) is 0 Å². The number of hydrogen-bond acceptors (Lipinski definition) is 5. The van der Waals surface area contributed by atoms with Crippen LogP contribution in [0.3, 0.4) is 0 Å². The van der Waals surface area contributed by atoms with Crippen molar-refractivity contribution in [1.29, 1.82) is 0 Å². The fourth-order valence-corrected chi connectivity index (χ4v) is 1.41. The number of anilines is 1. The molecule has 0 radical (unpaired) electrons. The van der Waals surface area contributed by atoms with Gasteiger partial charge in [0.1, 0.15) is 0 Å². The van der Waals surface area contributed by atoms with Crippen molar-refractivity contribution in [3.8, 4) is 0 Å². The van der Waals surface area contributed by atoms with E-state index in [1.807, 2.05) is 0 Å². The van der Waals surface area contributed by atoms with Crippen LogP contribution in [0.4, 0.5) is 5.95 Å². The van der Waals surface area contributed by atoms with Crippen LogP contribution in [0.25, 0.3) is 0 Å². The van der Waals surface area contributed by atoms with E-state index in [9.17, 15) is 9.59 Å². The second-order valence-corrected chi connectivity index (χ2v) is 3.60. The van der Waals surface area contributed by atoms with E-state index in [2.05, 4.69) is 20.0 Å². The molecule has 96 valence electrons. The number of aromatic nitrogens is 2. The summed E-state index contributed by atoms with van der Waals surface area (Å²) in [6.07, 6.45) is 3.06. The van der Waals surface area contributed by atoms with E-state index >= 15 is 0 Å². The highest BCUT2D eigenvalue weighted by atomic mass is 16.5. The van der Waals surface area contributed by atoms with Gasteiger partial charge in [-0.25, -0.2) is 14.8 Å². The maximum Gasteiger partial charge on any atom is 0.337 e. The largest absolute Gasteiger partial charge is 0.465 e. The number of esters is 1. The van der Waals surface area contributed by atoms with Crippen LogP contribution >= 0.6 is 0 Å². The summed E-state index contributed by atoms with van der Waals surface area (Å²) in [5, 5.41) is 2.54. The maximum absolute atomic E-state index is 11.9. The lowest BCUT2D eigenvalue weighted by atomic mass is 10.1. The molecule has 0 saturated heterocycles. The van der Waals surface area contributed by atoms with Gasteiger partial charge in [-0.05, 0) is 30.3 Å². The standard InChI is InChI=1S/C13H11N3O3/c1-19-12(18)10-5-3-9(4-6-10)11(17)16-13-14-7-2-8-15-13/h2-8H,1H3,(H,14,15,16,17). The van der Waals surface area contributed by atoms with Gasteiger partial charge in [-0.15, -0.1) is 0 Å². The van der Waals surface area contributed by atoms with Crippen LogP contribution < -0.4 is 5.32 Å². The predicted octanol–water partition coefficient (Wildman–Crippen LogP) is 1.52. The van der Waals surface area contributed by atoms with Gasteiger partial charge in [0.2, 0.25) is 5.95 Å². The molecule has 0 aliphatic carbocycles. The number of carbonyl (C=O) groups excluding carboxylic acids is 2. The van der Waals surface area contributed by atoms with Crippen LogP contribution in [-0.4, -0.2) is 29.0 Å². The Bertz CT molecular complexity index is 582. The summed E-state index contributed by atoms with van der Waals surface area (Å²) >= 11 is 0. The third-order valence-electron chi connectivity index (χ3n) is 2.36. The van der Waals surface area contributed by atoms with E-state index in [1.54, 1.807) is 6.07 Å². The highest BCUT2D eigenvalue weighted by molar-refractivity contribution is 6.03. The molecule has 0 aliphatic heterocycles. The number of nitrogens with zero attached hydrogens (tertiary/aromatic N) is 2. The molecule has 1 N–H and O–H groups in total. The molecule has 6 nitrogen and oxygen atoms in total. The second-order valence-electron chi connectivity index (χ2n) is 3.60. The third-order valence-corrected chi connectivity index (χ3v) is 2.36. The molecule has 19 heavy (non-hydrogen) atoms. The minimum atomic E-state index is -0.446. The first-order valence-electron chi connectivity index (χ1n) is 5.47. The zero-order valence-electron chi connectivity index (χ0n) is 10.2. The van der Waals surface area contributed by atoms with E-state index in [1.165, 1.54) is 43.8 Å². The van der Waals surface area contributed by atoms with Gasteiger partial charge in [0.05, 0.1) is 12.7 Å². The number of carbonyl (C=O) groups is 2. The van der Waals surface area contributed by atoms with E-state index in [0.717, 1.165) is 0 Å². The van der Waals surface area contributed by atoms with Gasteiger partial charge in [0.25, 0.3) is 5.91 Å². The van der Waals surface area contributed by atoms with Crippen molar-refractivity contribution in [3.63, 3.8) is 0 Å². The Labute approximate surface area is 109 Å². The lowest BCUT2D eigenvalue weighted by Gasteiger charge is -2.04. The Kier molecular flexibility index (Phi) is 3.82. The van der Waals surface area contributed by atoms with Gasteiger partial charge in [0, 0.05) is 18.0 Å². The van der Waals surface area contributed by atoms with Crippen LogP contribution in [0.1, 0.15) is 20.7 Å². The molecule has 0 aliphatic rings. The fraction of sp³-hybridized carbons (Fsp3) is 0.0769. The number of rotatable bonds is 3. The van der Waals surface area contributed by atoms with E-state index in [0.29, 0.717) is 11.1 Å². The highest BCUT2D eigenvalue weighted by Gasteiger charge is 2.09. The lowest BCUT2D eigenvalue weighted by Crippen LogP contribution is -2.14. The quantitative estimate of drug-likeness (QED) is 0.843. The van der Waals surface area contributed by atoms with Crippen molar-refractivity contribution in [3.05, 3.63) is 53.9 Å². The summed E-state index contributed by atoms with van der Waals surface area (Å²) in [7, 11) is 1.30. The predicted molar refractivity (Wildman–Crippen MR) is 67.8 cm³/mol. The van der Waals surface area contributed by atoms with Crippen molar-refractivity contribution in [2.24, 2.45) is 0 Å². The average Bonchev–Trinajstić information content (AvgIpc) is 2.47. The van der Waals surface area contributed by atoms with Gasteiger partial charge in [-0.3, -0.25) is 10.1 Å². The molecule has 1 heterocycles. The van der Waals surface area contributed by atoms with Crippen molar-refractivity contribution in [1.82, 2.24) is 9.97 Å². The Hall–Kier alpha value is -2.76. The Balaban J connectivity index is 2.10. The van der Waals surface area contributed by atoms with Gasteiger partial charge < -0.3 is 4.74 Å². The number of methoxy groups -OCH3 is 1. The molecule has 0 spiro atoms. The molecule has 6 heteroatoms. The SMILES string of the molecule is COC(=O)c1ccc(C(=O)Nc2ncccn2)cc1. The summed E-state index contributed by atoms with van der Waals surface area (Å²) in [5.41, 5.74) is 0.787. The van der Waals surface area contributed by atoms with Crippen molar-refractivity contribution < 1.29 is 14.3 Å². The molecule has 1 amide bonds. The molecule has 2 aromatic rings. The van der Waals surface area contributed by atoms with Gasteiger partial charge >= 0.3 is 5.97 Å². The average molecular weight is 257 g/mol. The monoisotopic (exact) mass is 257 g/mol. The van der Waals surface area contributed by atoms with Crippen LogP contribution in [0.5, 0.6) is 0 Å². The van der Waals surface area contributed by atoms with Gasteiger partial charge in [-0.2, -0.15) is 0 Å². The Morgan fingerprint density at radius 3 is 2.21 bits per heavy atom. The number of benzene rings is 1. The first-order valence-corrected chi connectivity index (χ1v) is 5.47. The first-order chi connectivity index (χ1) is 9.20. The molecule has 0 atom stereocenters. The van der Waals surface area contributed by atoms with E-state index < -0.39 is 5.97 Å². The van der Waals surface area contributed by atoms with Crippen LogP contribution in [0.2, 0.25) is 0 Å². The Morgan fingerprint density at radius 2 is 1.63 bits per heavy atom. The number of hydrogen-bond donors (Lipinski definition) is 1.